The molecule has 310 valence electrons. The number of hydrogen-bond donors (Lipinski definition) is 7. The molecule has 1 aliphatic rings. The number of carbonyl (C=O) groups is 6. The van der Waals surface area contributed by atoms with E-state index in [-0.39, 0.29) is 42.6 Å². The Balaban J connectivity index is 1.79. The van der Waals surface area contributed by atoms with Gasteiger partial charge in [0.05, 0.1) is 6.04 Å². The van der Waals surface area contributed by atoms with Crippen molar-refractivity contribution in [3.63, 3.8) is 0 Å². The summed E-state index contributed by atoms with van der Waals surface area (Å²) in [5.41, 5.74) is 1.30. The van der Waals surface area contributed by atoms with Crippen LogP contribution in [0.5, 0.6) is 11.5 Å². The van der Waals surface area contributed by atoms with Crippen LogP contribution in [-0.2, 0) is 46.3 Å². The number of phenolic OH excluding ortho intramolecular Hbond substituents is 2. The number of rotatable bonds is 18. The second-order valence-corrected chi connectivity index (χ2v) is 15.0. The minimum atomic E-state index is -1.16. The van der Waals surface area contributed by atoms with Gasteiger partial charge in [-0.1, -0.05) is 96.4 Å². The van der Waals surface area contributed by atoms with E-state index in [9.17, 15) is 39.0 Å². The molecule has 14 nitrogen and oxygen atoms in total. The molecule has 1 aliphatic heterocycles. The molecular weight excluding hydrogens is 730 g/mol. The molecule has 0 aromatic heterocycles. The molecule has 2 aromatic rings. The molecule has 0 saturated heterocycles. The number of aromatic hydroxyl groups is 2. The summed E-state index contributed by atoms with van der Waals surface area (Å²) >= 11 is 0. The summed E-state index contributed by atoms with van der Waals surface area (Å²) in [5.74, 6) is -4.30. The number of allylic oxidation sites excluding steroid dienone is 1. The van der Waals surface area contributed by atoms with Crippen LogP contribution in [0.25, 0.3) is 0 Å². The van der Waals surface area contributed by atoms with Crippen molar-refractivity contribution in [3.05, 3.63) is 84.0 Å². The van der Waals surface area contributed by atoms with Crippen LogP contribution in [0.4, 0.5) is 0 Å². The highest BCUT2D eigenvalue weighted by molar-refractivity contribution is 5.95. The molecule has 7 N–H and O–H groups in total. The molecule has 0 aliphatic carbocycles. The maximum absolute atomic E-state index is 13.9. The summed E-state index contributed by atoms with van der Waals surface area (Å²) in [7, 11) is 0. The fourth-order valence-electron chi connectivity index (χ4n) is 6.07. The summed E-state index contributed by atoms with van der Waals surface area (Å²) < 4.78 is 5.60. The minimum Gasteiger partial charge on any atom is -0.508 e. The van der Waals surface area contributed by atoms with Crippen LogP contribution in [-0.4, -0.2) is 82.5 Å². The van der Waals surface area contributed by atoms with Crippen LogP contribution in [0.2, 0.25) is 0 Å². The topological polar surface area (TPSA) is 212 Å². The first kappa shape index (κ1) is 45.7. The minimum absolute atomic E-state index is 0.0229. The number of carbonyl (C=O) groups excluding carboxylic acids is 6. The van der Waals surface area contributed by atoms with Crippen LogP contribution in [0.1, 0.15) is 84.3 Å². The third-order valence-corrected chi connectivity index (χ3v) is 9.41. The second-order valence-electron chi connectivity index (χ2n) is 15.0. The van der Waals surface area contributed by atoms with E-state index in [4.69, 9.17) is 4.74 Å². The molecule has 0 saturated carbocycles. The van der Waals surface area contributed by atoms with Crippen molar-refractivity contribution in [2.75, 3.05) is 6.61 Å². The molecule has 5 atom stereocenters. The Bertz CT molecular complexity index is 1710. The van der Waals surface area contributed by atoms with Gasteiger partial charge < -0.3 is 41.5 Å². The van der Waals surface area contributed by atoms with Gasteiger partial charge in [0.15, 0.2) is 0 Å². The zero-order valence-corrected chi connectivity index (χ0v) is 33.6. The molecule has 14 heteroatoms. The number of ether oxygens (including phenoxy) is 1. The van der Waals surface area contributed by atoms with Gasteiger partial charge in [0.1, 0.15) is 42.3 Å². The first-order chi connectivity index (χ1) is 27.2. The molecule has 0 fully saturated rings. The fourth-order valence-corrected chi connectivity index (χ4v) is 6.07. The van der Waals surface area contributed by atoms with Crippen molar-refractivity contribution in [3.8, 4) is 11.5 Å². The highest BCUT2D eigenvalue weighted by Gasteiger charge is 2.33. The summed E-state index contributed by atoms with van der Waals surface area (Å²) in [5, 5.41) is 33.2. The third kappa shape index (κ3) is 16.2. The Kier molecular flexibility index (Phi) is 18.8. The Morgan fingerprint density at radius 1 is 0.842 bits per heavy atom. The normalized spacial score (nSPS) is 19.4. The number of cyclic esters (lactones) is 1. The average Bonchev–Trinajstić information content (AvgIpc) is 3.16. The monoisotopic (exact) mass is 789 g/mol. The quantitative estimate of drug-likeness (QED) is 0.0667. The van der Waals surface area contributed by atoms with E-state index in [1.165, 1.54) is 30.3 Å². The Morgan fingerprint density at radius 3 is 2.11 bits per heavy atom. The van der Waals surface area contributed by atoms with Gasteiger partial charge in [-0.25, -0.2) is 4.79 Å². The van der Waals surface area contributed by atoms with Crippen molar-refractivity contribution in [2.45, 2.75) is 116 Å². The molecule has 0 radical (unpaired) electrons. The number of amides is 5. The summed E-state index contributed by atoms with van der Waals surface area (Å²) in [6, 6.07) is 7.01. The van der Waals surface area contributed by atoms with Crippen LogP contribution < -0.4 is 26.6 Å². The lowest BCUT2D eigenvalue weighted by Gasteiger charge is -2.28. The number of hydrogen-bond acceptors (Lipinski definition) is 9. The van der Waals surface area contributed by atoms with Gasteiger partial charge in [0.2, 0.25) is 29.5 Å². The summed E-state index contributed by atoms with van der Waals surface area (Å²) in [6.45, 7) is 8.68. The third-order valence-electron chi connectivity index (χ3n) is 9.41. The maximum Gasteiger partial charge on any atom is 0.329 e. The van der Waals surface area contributed by atoms with E-state index >= 15 is 0 Å². The van der Waals surface area contributed by atoms with E-state index in [0.29, 0.717) is 11.1 Å². The maximum atomic E-state index is 13.9. The van der Waals surface area contributed by atoms with E-state index in [1.54, 1.807) is 58.0 Å². The molecule has 5 amide bonds. The van der Waals surface area contributed by atoms with Crippen LogP contribution >= 0.6 is 0 Å². The van der Waals surface area contributed by atoms with Crippen molar-refractivity contribution < 1.29 is 43.7 Å². The fraction of sp³-hybridized carbons (Fsp3) is 0.488. The summed E-state index contributed by atoms with van der Waals surface area (Å²) in [4.78, 5) is 80.4. The lowest BCUT2D eigenvalue weighted by Crippen LogP contribution is -2.57. The molecular formula is C43H59N5O9. The van der Waals surface area contributed by atoms with Crippen LogP contribution in [0.3, 0.4) is 0 Å². The van der Waals surface area contributed by atoms with E-state index in [1.807, 2.05) is 6.08 Å². The van der Waals surface area contributed by atoms with Crippen molar-refractivity contribution in [1.29, 1.82) is 0 Å². The van der Waals surface area contributed by atoms with Gasteiger partial charge in [-0.2, -0.15) is 0 Å². The van der Waals surface area contributed by atoms with Crippen molar-refractivity contribution >= 4 is 35.5 Å². The SMILES string of the molecule is CCCCCC/C=C\CC(=O)N[C@@H](Cc1ccc(O)cc1)C(=O)N[C@H](C(=O)N[C@@H]1/C=C/C(=O)N[C@@H](C(C)C)C(=O)N[C@@H](Cc2ccc(O)cc2)C(=O)OC1)C(C)C. The molecule has 0 spiro atoms. The number of benzene rings is 2. The van der Waals surface area contributed by atoms with Gasteiger partial charge in [-0.05, 0) is 60.1 Å². The standard InChI is InChI=1S/C43H59N5O9/c1-6-7-8-9-10-11-12-13-36(51)45-34(24-29-14-19-32(49)20-15-29)40(53)48-39(28(4)5)41(54)44-31-18-23-37(52)47-38(27(2)3)42(55)46-35(43(56)57-26-31)25-30-16-21-33(50)22-17-30/h11-12,14-23,27-28,31,34-35,38-39,49-50H,6-10,13,24-26H2,1-5H3,(H,44,54)(H,45,51)(H,46,55)(H,47,52)(H,48,53)/b12-11-,23-18+/t31-,34+,35+,38+,39+/m1/s1. The number of unbranched alkanes of at least 4 members (excludes halogenated alkanes) is 4. The highest BCUT2D eigenvalue weighted by atomic mass is 16.5. The smallest absolute Gasteiger partial charge is 0.329 e. The zero-order valence-electron chi connectivity index (χ0n) is 33.6. The first-order valence-electron chi connectivity index (χ1n) is 19.7. The summed E-state index contributed by atoms with van der Waals surface area (Å²) in [6.07, 6.45) is 11.7. The Labute approximate surface area is 335 Å². The molecule has 0 unspecified atom stereocenters. The van der Waals surface area contributed by atoms with Gasteiger partial charge >= 0.3 is 5.97 Å². The van der Waals surface area contributed by atoms with Gasteiger partial charge in [-0.15, -0.1) is 0 Å². The van der Waals surface area contributed by atoms with Gasteiger partial charge in [0, 0.05) is 25.3 Å². The highest BCUT2D eigenvalue weighted by Crippen LogP contribution is 2.15. The predicted octanol–water partition coefficient (Wildman–Crippen LogP) is 3.65. The predicted molar refractivity (Wildman–Crippen MR) is 216 cm³/mol. The van der Waals surface area contributed by atoms with E-state index < -0.39 is 72.3 Å². The molecule has 1 heterocycles. The Morgan fingerprint density at radius 2 is 1.49 bits per heavy atom. The van der Waals surface area contributed by atoms with E-state index in [0.717, 1.165) is 38.2 Å². The van der Waals surface area contributed by atoms with E-state index in [2.05, 4.69) is 33.5 Å². The van der Waals surface area contributed by atoms with Gasteiger partial charge in [-0.3, -0.25) is 24.0 Å². The van der Waals surface area contributed by atoms with Crippen LogP contribution in [0, 0.1) is 11.8 Å². The number of phenols is 2. The Hall–Kier alpha value is -5.66. The lowest BCUT2D eigenvalue weighted by molar-refractivity contribution is -0.149. The first-order valence-corrected chi connectivity index (χ1v) is 19.7. The van der Waals surface area contributed by atoms with Crippen LogP contribution in [0.15, 0.2) is 72.8 Å². The average molecular weight is 790 g/mol. The molecule has 2 aromatic carbocycles. The van der Waals surface area contributed by atoms with Gasteiger partial charge in [0.25, 0.3) is 0 Å². The molecule has 3 rings (SSSR count). The number of esters is 1. The number of nitrogens with one attached hydrogen (secondary N) is 5. The zero-order chi connectivity index (χ0) is 41.9. The van der Waals surface area contributed by atoms with Crippen molar-refractivity contribution in [1.82, 2.24) is 26.6 Å². The lowest BCUT2D eigenvalue weighted by atomic mass is 10.00. The molecule has 57 heavy (non-hydrogen) atoms. The second kappa shape index (κ2) is 23.4. The largest absolute Gasteiger partial charge is 0.508 e. The molecule has 0 bridgehead atoms. The van der Waals surface area contributed by atoms with Crippen molar-refractivity contribution in [2.24, 2.45) is 11.8 Å².